The van der Waals surface area contributed by atoms with Crippen molar-refractivity contribution in [1.82, 2.24) is 4.90 Å². The molecule has 18 heavy (non-hydrogen) atoms. The van der Waals surface area contributed by atoms with E-state index in [1.54, 1.807) is 18.2 Å². The van der Waals surface area contributed by atoms with E-state index in [1.165, 1.54) is 12.8 Å². The largest absolute Gasteiger partial charge is 0.387 e. The van der Waals surface area contributed by atoms with Gasteiger partial charge < -0.3 is 15.7 Å². The summed E-state index contributed by atoms with van der Waals surface area (Å²) >= 11 is 11.8. The van der Waals surface area contributed by atoms with Gasteiger partial charge in [0.1, 0.15) is 0 Å². The fraction of sp³-hybridized carbons (Fsp3) is 0.538. The Morgan fingerprint density at radius 3 is 2.50 bits per heavy atom. The first-order valence-corrected chi connectivity index (χ1v) is 6.94. The van der Waals surface area contributed by atoms with Crippen LogP contribution in [0.2, 0.25) is 10.0 Å². The lowest BCUT2D eigenvalue weighted by atomic mass is 10.0. The Kier molecular flexibility index (Phi) is 4.87. The van der Waals surface area contributed by atoms with Gasteiger partial charge in [-0.3, -0.25) is 0 Å². The van der Waals surface area contributed by atoms with Crippen molar-refractivity contribution in [3.63, 3.8) is 0 Å². The van der Waals surface area contributed by atoms with Crippen molar-refractivity contribution in [1.29, 1.82) is 0 Å². The van der Waals surface area contributed by atoms with E-state index in [9.17, 15) is 5.11 Å². The zero-order valence-corrected chi connectivity index (χ0v) is 11.7. The van der Waals surface area contributed by atoms with Gasteiger partial charge in [0, 0.05) is 12.6 Å². The molecule has 0 spiro atoms. The smallest absolute Gasteiger partial charge is 0.0953 e. The normalized spacial score (nSPS) is 20.0. The van der Waals surface area contributed by atoms with Crippen molar-refractivity contribution in [2.24, 2.45) is 5.73 Å². The minimum atomic E-state index is -0.708. The summed E-state index contributed by atoms with van der Waals surface area (Å²) in [5.41, 5.74) is 6.77. The molecule has 0 saturated carbocycles. The highest BCUT2D eigenvalue weighted by molar-refractivity contribution is 6.42. The highest BCUT2D eigenvalue weighted by Gasteiger charge is 2.22. The number of halogens is 2. The van der Waals surface area contributed by atoms with Crippen LogP contribution in [0.4, 0.5) is 0 Å². The fourth-order valence-corrected chi connectivity index (χ4v) is 2.61. The second-order valence-corrected chi connectivity index (χ2v) is 5.60. The maximum absolute atomic E-state index is 10.2. The molecule has 1 heterocycles. The van der Waals surface area contributed by atoms with E-state index in [2.05, 4.69) is 4.90 Å². The number of benzene rings is 1. The molecule has 0 radical (unpaired) electrons. The highest BCUT2D eigenvalue weighted by Crippen LogP contribution is 2.27. The van der Waals surface area contributed by atoms with Crippen LogP contribution < -0.4 is 5.73 Å². The average Bonchev–Trinajstić information content (AvgIpc) is 2.84. The molecule has 0 aliphatic carbocycles. The lowest BCUT2D eigenvalue weighted by Crippen LogP contribution is -2.40. The van der Waals surface area contributed by atoms with Crippen LogP contribution >= 0.6 is 23.2 Å². The number of nitrogens with zero attached hydrogens (tertiary/aromatic N) is 1. The van der Waals surface area contributed by atoms with Crippen LogP contribution in [0.1, 0.15) is 24.5 Å². The van der Waals surface area contributed by atoms with Crippen LogP contribution in [-0.2, 0) is 0 Å². The van der Waals surface area contributed by atoms with Crippen molar-refractivity contribution in [3.8, 4) is 0 Å². The van der Waals surface area contributed by atoms with Crippen molar-refractivity contribution in [2.45, 2.75) is 25.0 Å². The first-order chi connectivity index (χ1) is 8.58. The Balaban J connectivity index is 2.00. The van der Waals surface area contributed by atoms with Gasteiger partial charge in [0.15, 0.2) is 0 Å². The molecule has 1 aromatic carbocycles. The zero-order chi connectivity index (χ0) is 13.1. The van der Waals surface area contributed by atoms with Gasteiger partial charge >= 0.3 is 0 Å². The molecule has 0 bridgehead atoms. The number of aliphatic hydroxyl groups is 1. The topological polar surface area (TPSA) is 49.5 Å². The van der Waals surface area contributed by atoms with Crippen LogP contribution in [-0.4, -0.2) is 35.7 Å². The number of hydrogen-bond donors (Lipinski definition) is 2. The van der Waals surface area contributed by atoms with Crippen molar-refractivity contribution >= 4 is 23.2 Å². The van der Waals surface area contributed by atoms with Gasteiger partial charge in [-0.1, -0.05) is 29.3 Å². The van der Waals surface area contributed by atoms with E-state index in [-0.39, 0.29) is 6.04 Å². The maximum Gasteiger partial charge on any atom is 0.0953 e. The monoisotopic (exact) mass is 288 g/mol. The standard InChI is InChI=1S/C13H18Cl2N2O/c14-10-4-3-9(7-11(10)15)13(18)12(16)8-17-5-1-2-6-17/h3-4,7,12-13,18H,1-2,5-6,8,16H2/t12-,13-/m0/s1. The summed E-state index contributed by atoms with van der Waals surface area (Å²) in [5.74, 6) is 0. The molecule has 0 amide bonds. The summed E-state index contributed by atoms with van der Waals surface area (Å²) in [5, 5.41) is 11.1. The lowest BCUT2D eigenvalue weighted by molar-refractivity contribution is 0.125. The van der Waals surface area contributed by atoms with E-state index in [0.29, 0.717) is 16.6 Å². The predicted molar refractivity (Wildman–Crippen MR) is 75.1 cm³/mol. The average molecular weight is 289 g/mol. The molecule has 1 saturated heterocycles. The van der Waals surface area contributed by atoms with Crippen LogP contribution in [0.5, 0.6) is 0 Å². The number of hydrogen-bond acceptors (Lipinski definition) is 3. The van der Waals surface area contributed by atoms with Gasteiger partial charge in [0.05, 0.1) is 16.1 Å². The third-order valence-electron chi connectivity index (χ3n) is 3.36. The van der Waals surface area contributed by atoms with Crippen LogP contribution in [0.15, 0.2) is 18.2 Å². The number of rotatable bonds is 4. The van der Waals surface area contributed by atoms with E-state index in [4.69, 9.17) is 28.9 Å². The van der Waals surface area contributed by atoms with Crippen LogP contribution in [0, 0.1) is 0 Å². The van der Waals surface area contributed by atoms with E-state index >= 15 is 0 Å². The highest BCUT2D eigenvalue weighted by atomic mass is 35.5. The van der Waals surface area contributed by atoms with Gasteiger partial charge in [0.2, 0.25) is 0 Å². The Hall–Kier alpha value is -0.320. The molecule has 1 fully saturated rings. The summed E-state index contributed by atoms with van der Waals surface area (Å²) in [4.78, 5) is 2.28. The predicted octanol–water partition coefficient (Wildman–Crippen LogP) is 2.45. The summed E-state index contributed by atoms with van der Waals surface area (Å²) in [6.45, 7) is 2.85. The van der Waals surface area contributed by atoms with Gasteiger partial charge in [-0.05, 0) is 43.6 Å². The number of likely N-dealkylation sites (tertiary alicyclic amines) is 1. The molecule has 2 rings (SSSR count). The van der Waals surface area contributed by atoms with Gasteiger partial charge in [-0.25, -0.2) is 0 Å². The van der Waals surface area contributed by atoms with E-state index < -0.39 is 6.10 Å². The summed E-state index contributed by atoms with van der Waals surface area (Å²) in [7, 11) is 0. The van der Waals surface area contributed by atoms with Crippen molar-refractivity contribution in [2.75, 3.05) is 19.6 Å². The Bertz CT molecular complexity index is 408. The first-order valence-electron chi connectivity index (χ1n) is 6.19. The zero-order valence-electron chi connectivity index (χ0n) is 10.1. The first kappa shape index (κ1) is 14.1. The summed E-state index contributed by atoms with van der Waals surface area (Å²) in [6.07, 6.45) is 1.73. The van der Waals surface area contributed by atoms with Crippen molar-refractivity contribution in [3.05, 3.63) is 33.8 Å². The Morgan fingerprint density at radius 1 is 1.22 bits per heavy atom. The molecule has 5 heteroatoms. The molecule has 0 aromatic heterocycles. The SMILES string of the molecule is N[C@@H](CN1CCCC1)[C@@H](O)c1ccc(Cl)c(Cl)c1. The molecule has 100 valence electrons. The van der Waals surface area contributed by atoms with E-state index in [1.807, 2.05) is 0 Å². The molecular weight excluding hydrogens is 271 g/mol. The molecule has 3 N–H and O–H groups in total. The molecule has 0 unspecified atom stereocenters. The molecule has 1 aliphatic heterocycles. The van der Waals surface area contributed by atoms with Gasteiger partial charge in [0.25, 0.3) is 0 Å². The third kappa shape index (κ3) is 3.37. The van der Waals surface area contributed by atoms with Gasteiger partial charge in [-0.2, -0.15) is 0 Å². The fourth-order valence-electron chi connectivity index (χ4n) is 2.31. The van der Waals surface area contributed by atoms with Crippen molar-refractivity contribution < 1.29 is 5.11 Å². The molecule has 1 aliphatic rings. The molecule has 1 aromatic rings. The third-order valence-corrected chi connectivity index (χ3v) is 4.10. The lowest BCUT2D eigenvalue weighted by Gasteiger charge is -2.24. The van der Waals surface area contributed by atoms with E-state index in [0.717, 1.165) is 18.7 Å². The Labute approximate surface area is 117 Å². The maximum atomic E-state index is 10.2. The van der Waals surface area contributed by atoms with Gasteiger partial charge in [-0.15, -0.1) is 0 Å². The second kappa shape index (κ2) is 6.22. The minimum Gasteiger partial charge on any atom is -0.387 e. The molecule has 3 nitrogen and oxygen atoms in total. The summed E-state index contributed by atoms with van der Waals surface area (Å²) < 4.78 is 0. The molecular formula is C13H18Cl2N2O. The minimum absolute atomic E-state index is 0.305. The second-order valence-electron chi connectivity index (χ2n) is 4.79. The number of aliphatic hydroxyl groups excluding tert-OH is 1. The molecule has 2 atom stereocenters. The Morgan fingerprint density at radius 2 is 1.89 bits per heavy atom. The quantitative estimate of drug-likeness (QED) is 0.895. The summed E-state index contributed by atoms with van der Waals surface area (Å²) in [6, 6.07) is 4.83. The van der Waals surface area contributed by atoms with Crippen LogP contribution in [0.3, 0.4) is 0 Å². The number of nitrogens with two attached hydrogens (primary N) is 1. The van der Waals surface area contributed by atoms with Crippen LogP contribution in [0.25, 0.3) is 0 Å².